The smallest absolute Gasteiger partial charge is 0.243 e. The maximum Gasteiger partial charge on any atom is 0.243 e. The number of hydrogen-bond donors (Lipinski definition) is 2. The highest BCUT2D eigenvalue weighted by Crippen LogP contribution is 2.12. The van der Waals surface area contributed by atoms with Crippen molar-refractivity contribution in [1.82, 2.24) is 15.2 Å². The van der Waals surface area contributed by atoms with E-state index in [4.69, 9.17) is 5.73 Å². The molecule has 0 fully saturated rings. The summed E-state index contributed by atoms with van der Waals surface area (Å²) in [5.41, 5.74) is 9.35. The Morgan fingerprint density at radius 1 is 1.12 bits per heavy atom. The maximum absolute atomic E-state index is 5.84. The predicted octanol–water partition coefficient (Wildman–Crippen LogP) is 1.68. The first-order valence-corrected chi connectivity index (χ1v) is 5.42. The molecule has 0 saturated carbocycles. The molecular formula is C12H15N5. The zero-order chi connectivity index (χ0) is 12.3. The minimum Gasteiger partial charge on any atom is -0.398 e. The number of nitrogens with two attached hydrogens (primary N) is 1. The van der Waals surface area contributed by atoms with Crippen molar-refractivity contribution in [1.29, 1.82) is 0 Å². The number of aromatic nitrogens is 3. The van der Waals surface area contributed by atoms with Crippen LogP contribution < -0.4 is 11.1 Å². The van der Waals surface area contributed by atoms with Gasteiger partial charge >= 0.3 is 0 Å². The van der Waals surface area contributed by atoms with Gasteiger partial charge in [-0.1, -0.05) is 18.2 Å². The first-order chi connectivity index (χ1) is 8.16. The van der Waals surface area contributed by atoms with Crippen LogP contribution in [0.4, 0.5) is 11.6 Å². The highest BCUT2D eigenvalue weighted by atomic mass is 15.2. The summed E-state index contributed by atoms with van der Waals surface area (Å²) in [5.74, 6) is 0.524. The van der Waals surface area contributed by atoms with Crippen molar-refractivity contribution < 1.29 is 0 Å². The molecule has 0 radical (unpaired) electrons. The van der Waals surface area contributed by atoms with E-state index in [9.17, 15) is 0 Å². The third-order valence-corrected chi connectivity index (χ3v) is 2.58. The fourth-order valence-electron chi connectivity index (χ4n) is 1.40. The van der Waals surface area contributed by atoms with E-state index >= 15 is 0 Å². The lowest BCUT2D eigenvalue weighted by molar-refractivity contribution is 0.886. The van der Waals surface area contributed by atoms with E-state index in [0.717, 1.165) is 22.6 Å². The van der Waals surface area contributed by atoms with E-state index in [0.29, 0.717) is 12.5 Å². The molecule has 0 aliphatic heterocycles. The number of para-hydroxylation sites is 1. The standard InChI is InChI=1S/C12H15N5/c1-8-9(2)16-17-12(15-8)14-7-10-5-3-4-6-11(10)13/h3-6H,7,13H2,1-2H3,(H,14,15,17). The number of aryl methyl sites for hydroxylation is 2. The van der Waals surface area contributed by atoms with Crippen LogP contribution in [0.15, 0.2) is 24.3 Å². The largest absolute Gasteiger partial charge is 0.398 e. The van der Waals surface area contributed by atoms with Crippen molar-refractivity contribution in [3.05, 3.63) is 41.2 Å². The zero-order valence-corrected chi connectivity index (χ0v) is 9.94. The van der Waals surface area contributed by atoms with Crippen molar-refractivity contribution in [3.8, 4) is 0 Å². The summed E-state index contributed by atoms with van der Waals surface area (Å²) in [6.45, 7) is 4.39. The number of nitrogens with zero attached hydrogens (tertiary/aromatic N) is 3. The van der Waals surface area contributed by atoms with Crippen LogP contribution in [0, 0.1) is 13.8 Å². The normalized spacial score (nSPS) is 10.2. The molecule has 0 aliphatic rings. The van der Waals surface area contributed by atoms with Gasteiger partial charge in [0.05, 0.1) is 11.4 Å². The van der Waals surface area contributed by atoms with E-state index in [1.807, 2.05) is 38.1 Å². The Morgan fingerprint density at radius 3 is 2.59 bits per heavy atom. The molecule has 17 heavy (non-hydrogen) atoms. The molecule has 5 heteroatoms. The number of hydrogen-bond acceptors (Lipinski definition) is 5. The third kappa shape index (κ3) is 2.69. The van der Waals surface area contributed by atoms with Crippen LogP contribution in [0.2, 0.25) is 0 Å². The lowest BCUT2D eigenvalue weighted by Crippen LogP contribution is -2.08. The van der Waals surface area contributed by atoms with Crippen LogP contribution in [-0.4, -0.2) is 15.2 Å². The monoisotopic (exact) mass is 229 g/mol. The number of benzene rings is 1. The van der Waals surface area contributed by atoms with Crippen LogP contribution in [0.5, 0.6) is 0 Å². The lowest BCUT2D eigenvalue weighted by atomic mass is 10.2. The molecule has 0 aliphatic carbocycles. The van der Waals surface area contributed by atoms with E-state index in [-0.39, 0.29) is 0 Å². The first-order valence-electron chi connectivity index (χ1n) is 5.42. The summed E-state index contributed by atoms with van der Waals surface area (Å²) < 4.78 is 0. The van der Waals surface area contributed by atoms with E-state index in [2.05, 4.69) is 20.5 Å². The number of rotatable bonds is 3. The Kier molecular flexibility index (Phi) is 3.18. The molecule has 88 valence electrons. The highest BCUT2D eigenvalue weighted by Gasteiger charge is 2.02. The summed E-state index contributed by atoms with van der Waals surface area (Å²) >= 11 is 0. The van der Waals surface area contributed by atoms with Gasteiger partial charge in [-0.15, -0.1) is 5.10 Å². The van der Waals surface area contributed by atoms with Gasteiger partial charge in [0.15, 0.2) is 0 Å². The molecule has 0 unspecified atom stereocenters. The summed E-state index contributed by atoms with van der Waals surface area (Å²) in [6, 6.07) is 7.70. The van der Waals surface area contributed by atoms with Crippen LogP contribution in [-0.2, 0) is 6.54 Å². The van der Waals surface area contributed by atoms with Gasteiger partial charge in [0.1, 0.15) is 0 Å². The molecular weight excluding hydrogens is 214 g/mol. The quantitative estimate of drug-likeness (QED) is 0.783. The molecule has 1 heterocycles. The summed E-state index contributed by atoms with van der Waals surface area (Å²) in [4.78, 5) is 4.29. The molecule has 0 bridgehead atoms. The fraction of sp³-hybridized carbons (Fsp3) is 0.250. The van der Waals surface area contributed by atoms with Crippen molar-refractivity contribution in [2.45, 2.75) is 20.4 Å². The Labute approximate surface area is 100 Å². The Morgan fingerprint density at radius 2 is 1.88 bits per heavy atom. The topological polar surface area (TPSA) is 76.7 Å². The molecule has 2 aromatic rings. The van der Waals surface area contributed by atoms with Gasteiger partial charge < -0.3 is 11.1 Å². The molecule has 3 N–H and O–H groups in total. The van der Waals surface area contributed by atoms with Gasteiger partial charge in [-0.25, -0.2) is 4.98 Å². The molecule has 1 aromatic carbocycles. The second-order valence-electron chi connectivity index (χ2n) is 3.86. The van der Waals surface area contributed by atoms with Crippen molar-refractivity contribution in [3.63, 3.8) is 0 Å². The number of nitrogen functional groups attached to an aromatic ring is 1. The Hall–Kier alpha value is -2.17. The summed E-state index contributed by atoms with van der Waals surface area (Å²) in [5, 5.41) is 11.1. The average molecular weight is 229 g/mol. The van der Waals surface area contributed by atoms with E-state index in [1.165, 1.54) is 0 Å². The van der Waals surface area contributed by atoms with Crippen molar-refractivity contribution in [2.75, 3.05) is 11.1 Å². The van der Waals surface area contributed by atoms with Crippen LogP contribution >= 0.6 is 0 Å². The predicted molar refractivity (Wildman–Crippen MR) is 67.5 cm³/mol. The van der Waals surface area contributed by atoms with E-state index in [1.54, 1.807) is 0 Å². The summed E-state index contributed by atoms with van der Waals surface area (Å²) in [7, 11) is 0. The van der Waals surface area contributed by atoms with Crippen LogP contribution in [0.25, 0.3) is 0 Å². The van der Waals surface area contributed by atoms with Gasteiger partial charge in [-0.05, 0) is 25.5 Å². The first kappa shape index (κ1) is 11.3. The van der Waals surface area contributed by atoms with E-state index < -0.39 is 0 Å². The number of nitrogens with one attached hydrogen (secondary N) is 1. The second-order valence-corrected chi connectivity index (χ2v) is 3.86. The van der Waals surface area contributed by atoms with Crippen molar-refractivity contribution in [2.24, 2.45) is 0 Å². The van der Waals surface area contributed by atoms with Gasteiger partial charge in [0, 0.05) is 12.2 Å². The Balaban J connectivity index is 2.08. The SMILES string of the molecule is Cc1nnc(NCc2ccccc2N)nc1C. The Bertz CT molecular complexity index is 524. The van der Waals surface area contributed by atoms with Crippen LogP contribution in [0.1, 0.15) is 17.0 Å². The summed E-state index contributed by atoms with van der Waals surface area (Å²) in [6.07, 6.45) is 0. The molecule has 0 spiro atoms. The lowest BCUT2D eigenvalue weighted by Gasteiger charge is -2.07. The van der Waals surface area contributed by atoms with Gasteiger partial charge in [-0.2, -0.15) is 5.10 Å². The van der Waals surface area contributed by atoms with Crippen LogP contribution in [0.3, 0.4) is 0 Å². The molecule has 0 saturated heterocycles. The highest BCUT2D eigenvalue weighted by molar-refractivity contribution is 5.47. The molecule has 1 aromatic heterocycles. The second kappa shape index (κ2) is 4.78. The molecule has 0 amide bonds. The van der Waals surface area contributed by atoms with Gasteiger partial charge in [0.2, 0.25) is 5.95 Å². The molecule has 5 nitrogen and oxygen atoms in total. The third-order valence-electron chi connectivity index (χ3n) is 2.58. The minimum absolute atomic E-state index is 0.524. The fourth-order valence-corrected chi connectivity index (χ4v) is 1.40. The van der Waals surface area contributed by atoms with Crippen molar-refractivity contribution >= 4 is 11.6 Å². The maximum atomic E-state index is 5.84. The average Bonchev–Trinajstić information content (AvgIpc) is 2.32. The molecule has 0 atom stereocenters. The number of anilines is 2. The molecule has 2 rings (SSSR count). The zero-order valence-electron chi connectivity index (χ0n) is 9.94. The van der Waals surface area contributed by atoms with Gasteiger partial charge in [-0.3, -0.25) is 0 Å². The minimum atomic E-state index is 0.524. The van der Waals surface area contributed by atoms with Gasteiger partial charge in [0.25, 0.3) is 0 Å².